The van der Waals surface area contributed by atoms with Crippen molar-refractivity contribution in [2.24, 2.45) is 0 Å². The van der Waals surface area contributed by atoms with E-state index in [1.807, 2.05) is 6.08 Å². The first-order valence-corrected chi connectivity index (χ1v) is 19.6. The molecule has 260 valence electrons. The molecule has 3 N–H and O–H groups in total. The highest BCUT2D eigenvalue weighted by Gasteiger charge is 2.17. The lowest BCUT2D eigenvalue weighted by Crippen LogP contribution is -2.45. The van der Waals surface area contributed by atoms with E-state index in [1.165, 1.54) is 154 Å². The quantitative estimate of drug-likeness (QED) is 0.0488. The second-order valence-corrected chi connectivity index (χ2v) is 13.3. The van der Waals surface area contributed by atoms with Crippen LogP contribution in [0.2, 0.25) is 0 Å². The number of carbonyl (C=O) groups excluding carboxylic acids is 1. The van der Waals surface area contributed by atoms with Crippen LogP contribution in [0.1, 0.15) is 206 Å². The minimum atomic E-state index is -0.856. The summed E-state index contributed by atoms with van der Waals surface area (Å²) in [7, 11) is 0. The number of hydrogen-bond acceptors (Lipinski definition) is 3. The van der Waals surface area contributed by atoms with Crippen molar-refractivity contribution in [2.75, 3.05) is 6.61 Å². The van der Waals surface area contributed by atoms with Gasteiger partial charge in [-0.1, -0.05) is 192 Å². The van der Waals surface area contributed by atoms with Crippen molar-refractivity contribution < 1.29 is 15.0 Å². The molecule has 0 aliphatic heterocycles. The Morgan fingerprint density at radius 2 is 0.886 bits per heavy atom. The predicted octanol–water partition coefficient (Wildman–Crippen LogP) is 11.7. The van der Waals surface area contributed by atoms with Crippen LogP contribution in [0.3, 0.4) is 0 Å². The Hall–Kier alpha value is -1.13. The van der Waals surface area contributed by atoms with E-state index in [4.69, 9.17) is 0 Å². The van der Waals surface area contributed by atoms with Crippen LogP contribution >= 0.6 is 0 Å². The van der Waals surface area contributed by atoms with Gasteiger partial charge in [0.15, 0.2) is 0 Å². The summed E-state index contributed by atoms with van der Waals surface area (Å²) in [6.45, 7) is 4.29. The van der Waals surface area contributed by atoms with Crippen LogP contribution in [0.15, 0.2) is 24.3 Å². The molecule has 2 atom stereocenters. The molecule has 0 aromatic carbocycles. The van der Waals surface area contributed by atoms with Crippen LogP contribution in [0.4, 0.5) is 0 Å². The highest BCUT2D eigenvalue weighted by atomic mass is 16.3. The summed E-state index contributed by atoms with van der Waals surface area (Å²) in [5.41, 5.74) is 0. The molecule has 0 heterocycles. The molecule has 0 radical (unpaired) electrons. The lowest BCUT2D eigenvalue weighted by molar-refractivity contribution is -0.123. The number of carbonyl (C=O) groups is 1. The largest absolute Gasteiger partial charge is 0.394 e. The van der Waals surface area contributed by atoms with E-state index in [9.17, 15) is 15.0 Å². The van der Waals surface area contributed by atoms with Gasteiger partial charge in [-0.05, 0) is 32.1 Å². The number of aliphatic hydroxyl groups is 2. The first-order chi connectivity index (χ1) is 21.7. The van der Waals surface area contributed by atoms with Gasteiger partial charge in [0, 0.05) is 6.42 Å². The summed E-state index contributed by atoms with van der Waals surface area (Å²) >= 11 is 0. The molecule has 0 aromatic heterocycles. The Labute approximate surface area is 275 Å². The van der Waals surface area contributed by atoms with Gasteiger partial charge in [-0.2, -0.15) is 0 Å². The molecule has 0 spiro atoms. The average molecular weight is 620 g/mol. The second-order valence-electron chi connectivity index (χ2n) is 13.3. The number of unbranched alkanes of at least 4 members (excludes halogenated alkanes) is 26. The van der Waals surface area contributed by atoms with Crippen molar-refractivity contribution in [2.45, 2.75) is 219 Å². The fraction of sp³-hybridized carbons (Fsp3) is 0.875. The van der Waals surface area contributed by atoms with E-state index in [2.05, 4.69) is 31.3 Å². The fourth-order valence-electron chi connectivity index (χ4n) is 5.90. The molecule has 0 bridgehead atoms. The van der Waals surface area contributed by atoms with Crippen molar-refractivity contribution >= 4 is 5.91 Å². The van der Waals surface area contributed by atoms with Gasteiger partial charge in [-0.3, -0.25) is 4.79 Å². The molecule has 4 nitrogen and oxygen atoms in total. The monoisotopic (exact) mass is 620 g/mol. The van der Waals surface area contributed by atoms with Crippen LogP contribution in [0.25, 0.3) is 0 Å². The highest BCUT2D eigenvalue weighted by Crippen LogP contribution is 2.15. The van der Waals surface area contributed by atoms with Gasteiger partial charge in [-0.25, -0.2) is 0 Å². The summed E-state index contributed by atoms with van der Waals surface area (Å²) in [6, 6.07) is -0.633. The Kier molecular flexibility index (Phi) is 35.4. The molecule has 0 rings (SSSR count). The van der Waals surface area contributed by atoms with Crippen molar-refractivity contribution in [1.29, 1.82) is 0 Å². The van der Waals surface area contributed by atoms with Gasteiger partial charge in [-0.15, -0.1) is 0 Å². The maximum absolute atomic E-state index is 12.3. The Morgan fingerprint density at radius 1 is 0.523 bits per heavy atom. The van der Waals surface area contributed by atoms with E-state index in [-0.39, 0.29) is 12.5 Å². The number of nitrogens with one attached hydrogen (secondary N) is 1. The summed E-state index contributed by atoms with van der Waals surface area (Å²) in [5, 5.41) is 22.9. The normalized spacial score (nSPS) is 13.3. The lowest BCUT2D eigenvalue weighted by atomic mass is 10.0. The van der Waals surface area contributed by atoms with E-state index >= 15 is 0 Å². The van der Waals surface area contributed by atoms with Crippen molar-refractivity contribution in [1.82, 2.24) is 5.32 Å². The Bertz CT molecular complexity index is 632. The molecule has 0 saturated carbocycles. The number of hydrogen-bond donors (Lipinski definition) is 3. The van der Waals surface area contributed by atoms with Crippen LogP contribution in [-0.4, -0.2) is 34.9 Å². The molecule has 0 saturated heterocycles. The predicted molar refractivity (Wildman–Crippen MR) is 193 cm³/mol. The molecule has 1 amide bonds. The summed E-state index contributed by atoms with van der Waals surface area (Å²) in [5.74, 6) is -0.0723. The lowest BCUT2D eigenvalue weighted by Gasteiger charge is -2.19. The summed E-state index contributed by atoms with van der Waals surface area (Å²) in [4.78, 5) is 12.3. The van der Waals surface area contributed by atoms with Crippen LogP contribution in [0.5, 0.6) is 0 Å². The second kappa shape index (κ2) is 36.3. The van der Waals surface area contributed by atoms with Gasteiger partial charge in [0.25, 0.3) is 0 Å². The zero-order valence-corrected chi connectivity index (χ0v) is 29.7. The molecule has 44 heavy (non-hydrogen) atoms. The third-order valence-electron chi connectivity index (χ3n) is 8.94. The molecule has 2 unspecified atom stereocenters. The van der Waals surface area contributed by atoms with Crippen molar-refractivity contribution in [3.63, 3.8) is 0 Å². The summed E-state index contributed by atoms with van der Waals surface area (Å²) < 4.78 is 0. The maximum atomic E-state index is 12.3. The van der Waals surface area contributed by atoms with E-state index in [0.29, 0.717) is 6.42 Å². The smallest absolute Gasteiger partial charge is 0.220 e. The van der Waals surface area contributed by atoms with E-state index in [1.54, 1.807) is 6.08 Å². The van der Waals surface area contributed by atoms with E-state index < -0.39 is 12.1 Å². The first kappa shape index (κ1) is 42.9. The number of amides is 1. The van der Waals surface area contributed by atoms with Crippen LogP contribution in [0, 0.1) is 0 Å². The standard InChI is InChI=1S/C40H77NO3/c1-3-5-7-9-11-13-15-17-19-20-22-24-26-28-30-32-34-36-40(44)41-38(37-42)39(43)35-33-31-29-27-25-23-21-18-16-14-12-10-8-6-4-2/h25,27,33,35,38-39,42-43H,3-24,26,28-32,34,36-37H2,1-2H3,(H,41,44)/b27-25+,35-33+. The maximum Gasteiger partial charge on any atom is 0.220 e. The zero-order valence-electron chi connectivity index (χ0n) is 29.7. The molecule has 4 heteroatoms. The molecule has 0 aliphatic rings. The average Bonchev–Trinajstić information content (AvgIpc) is 3.03. The topological polar surface area (TPSA) is 69.6 Å². The molecular formula is C40H77NO3. The minimum absolute atomic E-state index is 0.0723. The Morgan fingerprint density at radius 3 is 1.32 bits per heavy atom. The molecule has 0 fully saturated rings. The third kappa shape index (κ3) is 32.3. The summed E-state index contributed by atoms with van der Waals surface area (Å²) in [6.07, 6.45) is 45.5. The van der Waals surface area contributed by atoms with Gasteiger partial charge in [0.05, 0.1) is 18.8 Å². The van der Waals surface area contributed by atoms with Crippen molar-refractivity contribution in [3.8, 4) is 0 Å². The number of rotatable bonds is 35. The van der Waals surface area contributed by atoms with Gasteiger partial charge >= 0.3 is 0 Å². The van der Waals surface area contributed by atoms with E-state index in [0.717, 1.165) is 32.1 Å². The molecule has 0 aromatic rings. The number of aliphatic hydroxyl groups excluding tert-OH is 2. The van der Waals surface area contributed by atoms with Gasteiger partial charge in [0.1, 0.15) is 0 Å². The zero-order chi connectivity index (χ0) is 32.2. The third-order valence-corrected chi connectivity index (χ3v) is 8.94. The SMILES string of the molecule is CCCCCCCCCCC/C=C/CC/C=C/C(O)C(CO)NC(=O)CCCCCCCCCCCCCCCCCCC. The van der Waals surface area contributed by atoms with Gasteiger partial charge < -0.3 is 15.5 Å². The fourth-order valence-corrected chi connectivity index (χ4v) is 5.90. The van der Waals surface area contributed by atoms with Crippen molar-refractivity contribution in [3.05, 3.63) is 24.3 Å². The molecular weight excluding hydrogens is 542 g/mol. The van der Waals surface area contributed by atoms with Crippen LogP contribution < -0.4 is 5.32 Å². The molecule has 0 aliphatic carbocycles. The highest BCUT2D eigenvalue weighted by molar-refractivity contribution is 5.76. The number of allylic oxidation sites excluding steroid dienone is 3. The Balaban J connectivity index is 3.62. The van der Waals surface area contributed by atoms with Crippen LogP contribution in [-0.2, 0) is 4.79 Å². The van der Waals surface area contributed by atoms with Gasteiger partial charge in [0.2, 0.25) is 5.91 Å². The first-order valence-electron chi connectivity index (χ1n) is 19.6. The minimum Gasteiger partial charge on any atom is -0.394 e.